The Labute approximate surface area is 108 Å². The summed E-state index contributed by atoms with van der Waals surface area (Å²) in [6, 6.07) is 2.83. The van der Waals surface area contributed by atoms with Crippen LogP contribution in [0.15, 0.2) is 16.6 Å². The first kappa shape index (κ1) is 12.4. The van der Waals surface area contributed by atoms with Gasteiger partial charge in [0.25, 0.3) is 5.91 Å². The molecule has 1 aromatic rings. The van der Waals surface area contributed by atoms with Crippen LogP contribution >= 0.6 is 15.9 Å². The van der Waals surface area contributed by atoms with E-state index < -0.39 is 5.82 Å². The number of carbonyl (C=O) groups is 1. The fourth-order valence-electron chi connectivity index (χ4n) is 1.98. The molecule has 0 saturated carbocycles. The van der Waals surface area contributed by atoms with Crippen LogP contribution < -0.4 is 4.74 Å². The van der Waals surface area contributed by atoms with Crippen molar-refractivity contribution in [2.75, 3.05) is 20.2 Å². The first-order chi connectivity index (χ1) is 8.13. The summed E-state index contributed by atoms with van der Waals surface area (Å²) < 4.78 is 19.0. The number of halogens is 2. The number of nitrogens with zero attached hydrogens (tertiary/aromatic N) is 1. The summed E-state index contributed by atoms with van der Waals surface area (Å²) in [6.07, 6.45) is 2.04. The number of hydrogen-bond donors (Lipinski definition) is 0. The lowest BCUT2D eigenvalue weighted by Crippen LogP contribution is -2.27. The zero-order valence-corrected chi connectivity index (χ0v) is 11.1. The first-order valence-electron chi connectivity index (χ1n) is 5.46. The van der Waals surface area contributed by atoms with E-state index in [1.54, 1.807) is 11.0 Å². The van der Waals surface area contributed by atoms with Crippen molar-refractivity contribution in [1.82, 2.24) is 4.90 Å². The molecule has 1 heterocycles. The normalized spacial score (nSPS) is 15.1. The third-order valence-electron chi connectivity index (χ3n) is 2.84. The van der Waals surface area contributed by atoms with E-state index in [4.69, 9.17) is 4.74 Å². The van der Waals surface area contributed by atoms with Crippen LogP contribution in [0.2, 0.25) is 0 Å². The van der Waals surface area contributed by atoms with Gasteiger partial charge in [0.1, 0.15) is 0 Å². The summed E-state index contributed by atoms with van der Waals surface area (Å²) in [5, 5.41) is 0. The predicted molar refractivity (Wildman–Crippen MR) is 65.8 cm³/mol. The van der Waals surface area contributed by atoms with Crippen LogP contribution in [0.25, 0.3) is 0 Å². The number of likely N-dealkylation sites (tertiary alicyclic amines) is 1. The van der Waals surface area contributed by atoms with E-state index in [1.807, 2.05) is 0 Å². The first-order valence-corrected chi connectivity index (χ1v) is 6.25. The Kier molecular flexibility index (Phi) is 3.66. The summed E-state index contributed by atoms with van der Waals surface area (Å²) in [7, 11) is 1.39. The second-order valence-corrected chi connectivity index (χ2v) is 4.83. The summed E-state index contributed by atoms with van der Waals surface area (Å²) >= 11 is 3.20. The Balaban J connectivity index is 2.30. The molecular weight excluding hydrogens is 289 g/mol. The van der Waals surface area contributed by atoms with E-state index in [0.29, 0.717) is 10.0 Å². The summed E-state index contributed by atoms with van der Waals surface area (Å²) in [5.41, 5.74) is 0.358. The minimum absolute atomic E-state index is 0.121. The summed E-state index contributed by atoms with van der Waals surface area (Å²) in [4.78, 5) is 13.8. The maximum atomic E-state index is 13.6. The fraction of sp³-hybridized carbons (Fsp3) is 0.417. The van der Waals surface area contributed by atoms with E-state index in [9.17, 15) is 9.18 Å². The molecule has 0 unspecified atom stereocenters. The molecule has 1 fully saturated rings. The van der Waals surface area contributed by atoms with Gasteiger partial charge in [-0.3, -0.25) is 4.79 Å². The average Bonchev–Trinajstić information content (AvgIpc) is 2.81. The van der Waals surface area contributed by atoms with Gasteiger partial charge in [0.05, 0.1) is 11.6 Å². The van der Waals surface area contributed by atoms with Crippen molar-refractivity contribution in [2.24, 2.45) is 0 Å². The maximum absolute atomic E-state index is 13.6. The van der Waals surface area contributed by atoms with Crippen LogP contribution in [0.4, 0.5) is 4.39 Å². The van der Waals surface area contributed by atoms with Crippen molar-refractivity contribution >= 4 is 21.8 Å². The lowest BCUT2D eigenvalue weighted by Gasteiger charge is -2.16. The van der Waals surface area contributed by atoms with Gasteiger partial charge in [-0.15, -0.1) is 0 Å². The van der Waals surface area contributed by atoms with Crippen molar-refractivity contribution in [2.45, 2.75) is 12.8 Å². The highest BCUT2D eigenvalue weighted by atomic mass is 79.9. The Morgan fingerprint density at radius 2 is 2.06 bits per heavy atom. The molecule has 0 atom stereocenters. The Bertz CT molecular complexity index is 421. The van der Waals surface area contributed by atoms with E-state index in [1.165, 1.54) is 13.2 Å². The molecule has 0 N–H and O–H groups in total. The molecule has 0 bridgehead atoms. The molecule has 0 aromatic heterocycles. The molecule has 1 saturated heterocycles. The average molecular weight is 302 g/mol. The largest absolute Gasteiger partial charge is 0.492 e. The van der Waals surface area contributed by atoms with E-state index in [0.717, 1.165) is 25.9 Å². The van der Waals surface area contributed by atoms with Crippen LogP contribution in [0, 0.1) is 5.82 Å². The molecule has 1 amide bonds. The van der Waals surface area contributed by atoms with Crippen molar-refractivity contribution < 1.29 is 13.9 Å². The predicted octanol–water partition coefficient (Wildman–Crippen LogP) is 2.83. The van der Waals surface area contributed by atoms with Gasteiger partial charge >= 0.3 is 0 Å². The lowest BCUT2D eigenvalue weighted by molar-refractivity contribution is 0.0792. The molecule has 92 valence electrons. The maximum Gasteiger partial charge on any atom is 0.254 e. The van der Waals surface area contributed by atoms with Crippen LogP contribution in [0.5, 0.6) is 5.75 Å². The van der Waals surface area contributed by atoms with Crippen molar-refractivity contribution in [3.05, 3.63) is 28.0 Å². The number of methoxy groups -OCH3 is 1. The van der Waals surface area contributed by atoms with Crippen LogP contribution in [0.1, 0.15) is 23.2 Å². The van der Waals surface area contributed by atoms with Gasteiger partial charge < -0.3 is 9.64 Å². The standard InChI is InChI=1S/C12H13BrFNO2/c1-17-11-9(13)6-8(7-10(11)14)12(16)15-4-2-3-5-15/h6-7H,2-5H2,1H3. The Hall–Kier alpha value is -1.10. The fourth-order valence-corrected chi connectivity index (χ4v) is 2.58. The lowest BCUT2D eigenvalue weighted by atomic mass is 10.2. The van der Waals surface area contributed by atoms with Crippen LogP contribution in [-0.4, -0.2) is 31.0 Å². The molecule has 0 aliphatic carbocycles. The third kappa shape index (κ3) is 2.44. The molecule has 1 aliphatic rings. The van der Waals surface area contributed by atoms with Crippen LogP contribution in [0.3, 0.4) is 0 Å². The zero-order valence-electron chi connectivity index (χ0n) is 9.50. The minimum Gasteiger partial charge on any atom is -0.492 e. The van der Waals surface area contributed by atoms with Crippen LogP contribution in [-0.2, 0) is 0 Å². The smallest absolute Gasteiger partial charge is 0.254 e. The molecule has 1 aliphatic heterocycles. The number of ether oxygens (including phenoxy) is 1. The SMILES string of the molecule is COc1c(F)cc(C(=O)N2CCCC2)cc1Br. The molecule has 17 heavy (non-hydrogen) atoms. The van der Waals surface area contributed by atoms with Crippen molar-refractivity contribution in [3.8, 4) is 5.75 Å². The quantitative estimate of drug-likeness (QED) is 0.841. The van der Waals surface area contributed by atoms with E-state index in [-0.39, 0.29) is 11.7 Å². The molecule has 3 nitrogen and oxygen atoms in total. The van der Waals surface area contributed by atoms with E-state index in [2.05, 4.69) is 15.9 Å². The van der Waals surface area contributed by atoms with Gasteiger partial charge in [0, 0.05) is 18.7 Å². The van der Waals surface area contributed by atoms with Crippen molar-refractivity contribution in [3.63, 3.8) is 0 Å². The second-order valence-electron chi connectivity index (χ2n) is 3.97. The number of benzene rings is 1. The van der Waals surface area contributed by atoms with Crippen molar-refractivity contribution in [1.29, 1.82) is 0 Å². The second kappa shape index (κ2) is 5.04. The highest BCUT2D eigenvalue weighted by Crippen LogP contribution is 2.30. The number of amides is 1. The molecule has 1 aromatic carbocycles. The molecule has 5 heteroatoms. The van der Waals surface area contributed by atoms with Gasteiger partial charge in [-0.2, -0.15) is 0 Å². The van der Waals surface area contributed by atoms with Gasteiger partial charge in [-0.1, -0.05) is 0 Å². The number of hydrogen-bond acceptors (Lipinski definition) is 2. The number of carbonyl (C=O) groups excluding carboxylic acids is 1. The monoisotopic (exact) mass is 301 g/mol. The minimum atomic E-state index is -0.524. The van der Waals surface area contributed by atoms with Gasteiger partial charge in [0.15, 0.2) is 11.6 Å². The topological polar surface area (TPSA) is 29.5 Å². The summed E-state index contributed by atoms with van der Waals surface area (Å²) in [5.74, 6) is -0.517. The molecule has 2 rings (SSSR count). The molecular formula is C12H13BrFNO2. The number of rotatable bonds is 2. The zero-order chi connectivity index (χ0) is 12.4. The molecule has 0 spiro atoms. The van der Waals surface area contributed by atoms with Gasteiger partial charge in [0.2, 0.25) is 0 Å². The van der Waals surface area contributed by atoms with Gasteiger partial charge in [-0.05, 0) is 40.9 Å². The Morgan fingerprint density at radius 3 is 2.59 bits per heavy atom. The molecule has 0 radical (unpaired) electrons. The highest BCUT2D eigenvalue weighted by molar-refractivity contribution is 9.10. The van der Waals surface area contributed by atoms with E-state index >= 15 is 0 Å². The third-order valence-corrected chi connectivity index (χ3v) is 3.43. The summed E-state index contributed by atoms with van der Waals surface area (Å²) in [6.45, 7) is 1.51. The Morgan fingerprint density at radius 1 is 1.41 bits per heavy atom. The highest BCUT2D eigenvalue weighted by Gasteiger charge is 2.21. The van der Waals surface area contributed by atoms with Gasteiger partial charge in [-0.25, -0.2) is 4.39 Å².